The molecule has 1 fully saturated rings. The smallest absolute Gasteiger partial charge is 0.159 e. The maximum Gasteiger partial charge on any atom is 0.159 e. The summed E-state index contributed by atoms with van der Waals surface area (Å²) in [6, 6.07) is 9.70. The Balaban J connectivity index is 1.43. The number of rotatable bonds is 5. The van der Waals surface area contributed by atoms with Crippen LogP contribution in [0.4, 0.5) is 0 Å². The normalized spacial score (nSPS) is 15.0. The van der Waals surface area contributed by atoms with E-state index in [1.165, 1.54) is 6.20 Å². The second kappa shape index (κ2) is 7.92. The summed E-state index contributed by atoms with van der Waals surface area (Å²) in [4.78, 5) is 14.1. The van der Waals surface area contributed by atoms with Crippen molar-refractivity contribution < 1.29 is 9.47 Å². The molecule has 7 nitrogen and oxygen atoms in total. The second-order valence-corrected chi connectivity index (χ2v) is 6.59. The predicted molar refractivity (Wildman–Crippen MR) is 102 cm³/mol. The minimum Gasteiger partial charge on any atom is -0.492 e. The van der Waals surface area contributed by atoms with Gasteiger partial charge in [-0.05, 0) is 24.3 Å². The standard InChI is InChI=1S/C19H18ClN5O2/c20-16-14(11-21)12-22-19-17(16)23-18(24-19)13-1-3-15(4-2-13)27-10-7-25-5-8-26-9-6-25/h1-4,12H,5-10H2,(H,22,23,24). The molecule has 0 saturated carbocycles. The molecule has 0 unspecified atom stereocenters. The largest absolute Gasteiger partial charge is 0.492 e. The van der Waals surface area contributed by atoms with E-state index >= 15 is 0 Å². The van der Waals surface area contributed by atoms with Gasteiger partial charge in [-0.25, -0.2) is 9.97 Å². The Morgan fingerprint density at radius 2 is 2.04 bits per heavy atom. The highest BCUT2D eigenvalue weighted by atomic mass is 35.5. The van der Waals surface area contributed by atoms with Crippen molar-refractivity contribution in [3.05, 3.63) is 41.0 Å². The van der Waals surface area contributed by atoms with Crippen molar-refractivity contribution in [3.63, 3.8) is 0 Å². The summed E-state index contributed by atoms with van der Waals surface area (Å²) in [6.07, 6.45) is 1.44. The van der Waals surface area contributed by atoms with Gasteiger partial charge in [-0.2, -0.15) is 5.26 Å². The molecule has 0 radical (unpaired) electrons. The molecule has 4 rings (SSSR count). The number of imidazole rings is 1. The van der Waals surface area contributed by atoms with Gasteiger partial charge in [-0.3, -0.25) is 4.90 Å². The van der Waals surface area contributed by atoms with Gasteiger partial charge in [0.1, 0.15) is 29.8 Å². The third kappa shape index (κ3) is 3.88. The van der Waals surface area contributed by atoms with Gasteiger partial charge in [0.05, 0.1) is 23.8 Å². The third-order valence-electron chi connectivity index (χ3n) is 4.48. The van der Waals surface area contributed by atoms with Crippen LogP contribution in [0, 0.1) is 11.3 Å². The molecule has 138 valence electrons. The van der Waals surface area contributed by atoms with Crippen LogP contribution in [0.1, 0.15) is 5.56 Å². The first-order valence-electron chi connectivity index (χ1n) is 8.72. The molecule has 0 bridgehead atoms. The number of hydrogen-bond acceptors (Lipinski definition) is 6. The SMILES string of the molecule is N#Cc1cnc2[nH]c(-c3ccc(OCCN4CCOCC4)cc3)nc2c1Cl. The molecule has 2 aromatic heterocycles. The molecular formula is C19H18ClN5O2. The van der Waals surface area contributed by atoms with Crippen LogP contribution in [0.25, 0.3) is 22.6 Å². The number of H-pyrrole nitrogens is 1. The lowest BCUT2D eigenvalue weighted by molar-refractivity contribution is 0.0322. The average molecular weight is 384 g/mol. The molecule has 0 aliphatic carbocycles. The maximum atomic E-state index is 9.05. The molecule has 3 aromatic rings. The predicted octanol–water partition coefficient (Wildman–Crippen LogP) is 2.86. The fraction of sp³-hybridized carbons (Fsp3) is 0.316. The number of nitriles is 1. The van der Waals surface area contributed by atoms with Gasteiger partial charge >= 0.3 is 0 Å². The van der Waals surface area contributed by atoms with Crippen molar-refractivity contribution in [3.8, 4) is 23.2 Å². The van der Waals surface area contributed by atoms with E-state index in [0.717, 1.165) is 44.2 Å². The molecule has 1 N–H and O–H groups in total. The van der Waals surface area contributed by atoms with Crippen molar-refractivity contribution in [2.24, 2.45) is 0 Å². The van der Waals surface area contributed by atoms with Crippen LogP contribution in [0.2, 0.25) is 5.02 Å². The van der Waals surface area contributed by atoms with Crippen LogP contribution in [-0.4, -0.2) is 59.3 Å². The highest BCUT2D eigenvalue weighted by Gasteiger charge is 2.13. The van der Waals surface area contributed by atoms with E-state index in [4.69, 9.17) is 26.3 Å². The number of morpholine rings is 1. The summed E-state index contributed by atoms with van der Waals surface area (Å²) < 4.78 is 11.2. The highest BCUT2D eigenvalue weighted by molar-refractivity contribution is 6.35. The zero-order valence-corrected chi connectivity index (χ0v) is 15.4. The molecule has 1 aliphatic rings. The molecule has 1 aromatic carbocycles. The van der Waals surface area contributed by atoms with E-state index in [2.05, 4.69) is 19.9 Å². The summed E-state index contributed by atoms with van der Waals surface area (Å²) in [5.74, 6) is 1.46. The fourth-order valence-electron chi connectivity index (χ4n) is 2.96. The molecule has 0 spiro atoms. The molecule has 0 atom stereocenters. The molecule has 3 heterocycles. The van der Waals surface area contributed by atoms with Crippen molar-refractivity contribution in [1.82, 2.24) is 19.9 Å². The molecule has 1 saturated heterocycles. The lowest BCUT2D eigenvalue weighted by Crippen LogP contribution is -2.38. The minimum absolute atomic E-state index is 0.311. The number of halogens is 1. The van der Waals surface area contributed by atoms with Crippen LogP contribution in [0.5, 0.6) is 5.75 Å². The second-order valence-electron chi connectivity index (χ2n) is 6.21. The van der Waals surface area contributed by atoms with Crippen molar-refractivity contribution >= 4 is 22.8 Å². The first-order valence-corrected chi connectivity index (χ1v) is 9.10. The summed E-state index contributed by atoms with van der Waals surface area (Å²) >= 11 is 6.21. The lowest BCUT2D eigenvalue weighted by Gasteiger charge is -2.26. The fourth-order valence-corrected chi connectivity index (χ4v) is 3.19. The van der Waals surface area contributed by atoms with Crippen LogP contribution < -0.4 is 4.74 Å². The Hall–Kier alpha value is -2.66. The number of pyridine rings is 1. The Morgan fingerprint density at radius 3 is 2.78 bits per heavy atom. The molecule has 1 aliphatic heterocycles. The Morgan fingerprint density at radius 1 is 1.26 bits per heavy atom. The van der Waals surface area contributed by atoms with Crippen molar-refractivity contribution in [1.29, 1.82) is 5.26 Å². The van der Waals surface area contributed by atoms with E-state index in [-0.39, 0.29) is 0 Å². The quantitative estimate of drug-likeness (QED) is 0.729. The van der Waals surface area contributed by atoms with E-state index < -0.39 is 0 Å². The summed E-state index contributed by atoms with van der Waals surface area (Å²) in [5.41, 5.74) is 2.26. The van der Waals surface area contributed by atoms with E-state index in [1.54, 1.807) is 0 Å². The first kappa shape index (κ1) is 17.7. The Kier molecular flexibility index (Phi) is 5.21. The molecule has 8 heteroatoms. The maximum absolute atomic E-state index is 9.05. The van der Waals surface area contributed by atoms with E-state index in [1.807, 2.05) is 30.3 Å². The topological polar surface area (TPSA) is 87.1 Å². The van der Waals surface area contributed by atoms with Gasteiger partial charge in [0.15, 0.2) is 5.65 Å². The number of nitrogens with one attached hydrogen (secondary N) is 1. The number of fused-ring (bicyclic) bond motifs is 1. The van der Waals surface area contributed by atoms with Crippen LogP contribution >= 0.6 is 11.6 Å². The van der Waals surface area contributed by atoms with Gasteiger partial charge in [-0.15, -0.1) is 0 Å². The molecule has 0 amide bonds. The zero-order valence-electron chi connectivity index (χ0n) is 14.6. The van der Waals surface area contributed by atoms with Crippen molar-refractivity contribution in [2.75, 3.05) is 39.5 Å². The van der Waals surface area contributed by atoms with Gasteiger partial charge in [0.25, 0.3) is 0 Å². The van der Waals surface area contributed by atoms with Crippen molar-refractivity contribution in [2.45, 2.75) is 0 Å². The minimum atomic E-state index is 0.311. The average Bonchev–Trinajstić information content (AvgIpc) is 3.15. The van der Waals surface area contributed by atoms with Gasteiger partial charge in [0.2, 0.25) is 0 Å². The number of ether oxygens (including phenoxy) is 2. The lowest BCUT2D eigenvalue weighted by atomic mass is 10.2. The number of benzene rings is 1. The van der Waals surface area contributed by atoms with E-state index in [9.17, 15) is 0 Å². The summed E-state index contributed by atoms with van der Waals surface area (Å²) in [7, 11) is 0. The Bertz CT molecular complexity index is 974. The molecular weight excluding hydrogens is 366 g/mol. The number of aromatic amines is 1. The molecule has 27 heavy (non-hydrogen) atoms. The zero-order chi connectivity index (χ0) is 18.6. The van der Waals surface area contributed by atoms with Crippen LogP contribution in [0.15, 0.2) is 30.5 Å². The van der Waals surface area contributed by atoms with E-state index in [0.29, 0.717) is 34.2 Å². The van der Waals surface area contributed by atoms with Gasteiger partial charge < -0.3 is 14.5 Å². The van der Waals surface area contributed by atoms with Gasteiger partial charge in [-0.1, -0.05) is 11.6 Å². The number of aromatic nitrogens is 3. The van der Waals surface area contributed by atoms with Gasteiger partial charge in [0, 0.05) is 31.4 Å². The number of nitrogens with zero attached hydrogens (tertiary/aromatic N) is 4. The monoisotopic (exact) mass is 383 g/mol. The summed E-state index contributed by atoms with van der Waals surface area (Å²) in [6.45, 7) is 5.03. The van der Waals surface area contributed by atoms with Crippen LogP contribution in [0.3, 0.4) is 0 Å². The highest BCUT2D eigenvalue weighted by Crippen LogP contribution is 2.27. The number of hydrogen-bond donors (Lipinski definition) is 1. The Labute approximate surface area is 161 Å². The summed E-state index contributed by atoms with van der Waals surface area (Å²) in [5, 5.41) is 9.36. The first-order chi connectivity index (χ1) is 13.2. The van der Waals surface area contributed by atoms with Crippen LogP contribution in [-0.2, 0) is 4.74 Å². The third-order valence-corrected chi connectivity index (χ3v) is 4.86.